The molecular formula is C18H15NO5. The molecule has 1 aliphatic rings. The topological polar surface area (TPSA) is 72.9 Å². The quantitative estimate of drug-likeness (QED) is 0.807. The Kier molecular flexibility index (Phi) is 4.04. The summed E-state index contributed by atoms with van der Waals surface area (Å²) in [4.78, 5) is 41.4. The molecule has 6 nitrogen and oxygen atoms in total. The van der Waals surface area contributed by atoms with Gasteiger partial charge in [-0.25, -0.2) is 4.79 Å². The monoisotopic (exact) mass is 325 g/mol. The van der Waals surface area contributed by atoms with Crippen LogP contribution in [0, 0.1) is 6.92 Å². The molecule has 0 radical (unpaired) electrons. The molecule has 122 valence electrons. The van der Waals surface area contributed by atoms with Gasteiger partial charge in [0.15, 0.2) is 0 Å². The number of methoxy groups -OCH3 is 1. The number of carbonyl (C=O) groups is 3. The van der Waals surface area contributed by atoms with Gasteiger partial charge in [0.05, 0.1) is 24.7 Å². The fraction of sp³-hybridized carbons (Fsp3) is 0.167. The van der Waals surface area contributed by atoms with Gasteiger partial charge in [-0.15, -0.1) is 0 Å². The molecule has 3 rings (SSSR count). The number of hydroxylamine groups is 2. The minimum absolute atomic E-state index is 0.0793. The Morgan fingerprint density at radius 1 is 1.04 bits per heavy atom. The van der Waals surface area contributed by atoms with Crippen LogP contribution in [0.15, 0.2) is 42.5 Å². The number of ether oxygens (including phenoxy) is 1. The van der Waals surface area contributed by atoms with E-state index in [9.17, 15) is 14.4 Å². The Bertz CT molecular complexity index is 808. The lowest BCUT2D eigenvalue weighted by Crippen LogP contribution is -2.33. The van der Waals surface area contributed by atoms with Gasteiger partial charge in [0.2, 0.25) is 0 Å². The molecule has 0 unspecified atom stereocenters. The highest BCUT2D eigenvalue weighted by atomic mass is 16.7. The van der Waals surface area contributed by atoms with Crippen LogP contribution in [0.5, 0.6) is 5.75 Å². The SMILES string of the molecule is COc1cc(CC(=O)ON2C(=O)c3ccccc3C2=O)ccc1C. The van der Waals surface area contributed by atoms with Crippen LogP contribution in [0.4, 0.5) is 0 Å². The van der Waals surface area contributed by atoms with Gasteiger partial charge in [-0.3, -0.25) is 9.59 Å². The first-order chi connectivity index (χ1) is 11.5. The molecule has 6 heteroatoms. The van der Waals surface area contributed by atoms with Crippen molar-refractivity contribution in [2.24, 2.45) is 0 Å². The van der Waals surface area contributed by atoms with Crippen molar-refractivity contribution < 1.29 is 24.0 Å². The van der Waals surface area contributed by atoms with Crippen molar-refractivity contribution in [2.75, 3.05) is 7.11 Å². The first-order valence-corrected chi connectivity index (χ1v) is 7.33. The van der Waals surface area contributed by atoms with Gasteiger partial charge in [-0.05, 0) is 36.2 Å². The lowest BCUT2D eigenvalue weighted by atomic mass is 10.1. The number of aryl methyl sites for hydroxylation is 1. The third-order valence-electron chi connectivity index (χ3n) is 3.77. The summed E-state index contributed by atoms with van der Waals surface area (Å²) in [5, 5.41) is 0.512. The van der Waals surface area contributed by atoms with Gasteiger partial charge in [0, 0.05) is 0 Å². The average Bonchev–Trinajstić information content (AvgIpc) is 2.82. The van der Waals surface area contributed by atoms with E-state index in [1.807, 2.05) is 13.0 Å². The molecule has 1 aliphatic heterocycles. The van der Waals surface area contributed by atoms with Crippen LogP contribution < -0.4 is 4.74 Å². The Morgan fingerprint density at radius 3 is 2.25 bits per heavy atom. The summed E-state index contributed by atoms with van der Waals surface area (Å²) in [6, 6.07) is 11.6. The maximum Gasteiger partial charge on any atom is 0.337 e. The molecule has 0 saturated carbocycles. The van der Waals surface area contributed by atoms with E-state index >= 15 is 0 Å². The number of hydrogen-bond acceptors (Lipinski definition) is 5. The van der Waals surface area contributed by atoms with Gasteiger partial charge in [0.25, 0.3) is 11.8 Å². The van der Waals surface area contributed by atoms with Crippen LogP contribution in [0.3, 0.4) is 0 Å². The number of imide groups is 1. The molecule has 0 fully saturated rings. The molecule has 0 N–H and O–H groups in total. The van der Waals surface area contributed by atoms with E-state index in [2.05, 4.69) is 0 Å². The molecule has 0 aromatic heterocycles. The normalized spacial score (nSPS) is 13.0. The number of rotatable bonds is 4. The maximum atomic E-state index is 12.1. The van der Waals surface area contributed by atoms with Crippen LogP contribution in [0.1, 0.15) is 31.8 Å². The predicted molar refractivity (Wildman–Crippen MR) is 84.5 cm³/mol. The van der Waals surface area contributed by atoms with E-state index < -0.39 is 17.8 Å². The lowest BCUT2D eigenvalue weighted by Gasteiger charge is -2.13. The van der Waals surface area contributed by atoms with Gasteiger partial charge in [-0.2, -0.15) is 0 Å². The standard InChI is InChI=1S/C18H15NO5/c1-11-7-8-12(9-15(11)23-2)10-16(20)24-19-17(21)13-5-3-4-6-14(13)18(19)22/h3-9H,10H2,1-2H3. The van der Waals surface area contributed by atoms with Crippen LogP contribution in [0.25, 0.3) is 0 Å². The molecule has 2 aromatic carbocycles. The van der Waals surface area contributed by atoms with Gasteiger partial charge in [-0.1, -0.05) is 29.3 Å². The third-order valence-corrected chi connectivity index (χ3v) is 3.77. The minimum Gasteiger partial charge on any atom is -0.496 e. The van der Waals surface area contributed by atoms with Crippen molar-refractivity contribution in [3.8, 4) is 5.75 Å². The first kappa shape index (κ1) is 15.7. The van der Waals surface area contributed by atoms with Gasteiger partial charge in [0.1, 0.15) is 5.75 Å². The number of hydrogen-bond donors (Lipinski definition) is 0. The molecule has 1 heterocycles. The summed E-state index contributed by atoms with van der Waals surface area (Å²) < 4.78 is 5.21. The highest BCUT2D eigenvalue weighted by Crippen LogP contribution is 2.23. The van der Waals surface area contributed by atoms with E-state index in [-0.39, 0.29) is 17.5 Å². The Morgan fingerprint density at radius 2 is 1.67 bits per heavy atom. The van der Waals surface area contributed by atoms with E-state index in [0.717, 1.165) is 5.56 Å². The Labute approximate surface area is 138 Å². The minimum atomic E-state index is -0.699. The smallest absolute Gasteiger partial charge is 0.337 e. The van der Waals surface area contributed by atoms with Crippen molar-refractivity contribution in [3.05, 3.63) is 64.7 Å². The maximum absolute atomic E-state index is 12.1. The zero-order chi connectivity index (χ0) is 17.3. The molecule has 2 amide bonds. The number of fused-ring (bicyclic) bond motifs is 1. The van der Waals surface area contributed by atoms with E-state index in [0.29, 0.717) is 16.4 Å². The second-order valence-electron chi connectivity index (χ2n) is 5.39. The van der Waals surface area contributed by atoms with Crippen molar-refractivity contribution in [2.45, 2.75) is 13.3 Å². The molecule has 24 heavy (non-hydrogen) atoms. The second-order valence-corrected chi connectivity index (χ2v) is 5.39. The van der Waals surface area contributed by atoms with Crippen molar-refractivity contribution in [1.29, 1.82) is 0 Å². The second kappa shape index (κ2) is 6.16. The number of amides is 2. The molecule has 0 aliphatic carbocycles. The van der Waals surface area contributed by atoms with Crippen molar-refractivity contribution >= 4 is 17.8 Å². The van der Waals surface area contributed by atoms with E-state index in [4.69, 9.17) is 9.57 Å². The van der Waals surface area contributed by atoms with Crippen molar-refractivity contribution in [3.63, 3.8) is 0 Å². The summed E-state index contributed by atoms with van der Waals surface area (Å²) in [6.45, 7) is 1.89. The van der Waals surface area contributed by atoms with E-state index in [1.54, 1.807) is 31.4 Å². The molecule has 0 atom stereocenters. The molecule has 0 bridgehead atoms. The van der Waals surface area contributed by atoms with Crippen LogP contribution >= 0.6 is 0 Å². The van der Waals surface area contributed by atoms with E-state index in [1.165, 1.54) is 12.1 Å². The molecule has 2 aromatic rings. The number of benzene rings is 2. The lowest BCUT2D eigenvalue weighted by molar-refractivity contribution is -0.167. The fourth-order valence-corrected chi connectivity index (χ4v) is 2.53. The molecule has 0 spiro atoms. The Hall–Kier alpha value is -3.15. The summed E-state index contributed by atoms with van der Waals surface area (Å²) in [7, 11) is 1.54. The van der Waals surface area contributed by atoms with Crippen LogP contribution in [0.2, 0.25) is 0 Å². The zero-order valence-corrected chi connectivity index (χ0v) is 13.2. The van der Waals surface area contributed by atoms with Crippen LogP contribution in [-0.4, -0.2) is 30.0 Å². The highest BCUT2D eigenvalue weighted by molar-refractivity contribution is 6.20. The summed E-state index contributed by atoms with van der Waals surface area (Å²) in [5.41, 5.74) is 2.06. The Balaban J connectivity index is 1.72. The van der Waals surface area contributed by atoms with Crippen molar-refractivity contribution in [1.82, 2.24) is 5.06 Å². The number of nitrogens with zero attached hydrogens (tertiary/aromatic N) is 1. The molecular weight excluding hydrogens is 310 g/mol. The fourth-order valence-electron chi connectivity index (χ4n) is 2.53. The molecule has 0 saturated heterocycles. The van der Waals surface area contributed by atoms with Crippen LogP contribution in [-0.2, 0) is 16.1 Å². The van der Waals surface area contributed by atoms with Gasteiger partial charge >= 0.3 is 5.97 Å². The third kappa shape index (κ3) is 2.74. The highest BCUT2D eigenvalue weighted by Gasteiger charge is 2.38. The number of carbonyl (C=O) groups excluding carboxylic acids is 3. The summed E-state index contributed by atoms with van der Waals surface area (Å²) in [6.07, 6.45) is -0.0793. The average molecular weight is 325 g/mol. The van der Waals surface area contributed by atoms with Gasteiger partial charge < -0.3 is 9.57 Å². The first-order valence-electron chi connectivity index (χ1n) is 7.33. The predicted octanol–water partition coefficient (Wildman–Crippen LogP) is 2.30. The zero-order valence-electron chi connectivity index (χ0n) is 13.2. The summed E-state index contributed by atoms with van der Waals surface area (Å²) >= 11 is 0. The largest absolute Gasteiger partial charge is 0.496 e. The summed E-state index contributed by atoms with van der Waals surface area (Å²) in [5.74, 6) is -1.31.